The predicted molar refractivity (Wildman–Crippen MR) is 121 cm³/mol. The van der Waals surface area contributed by atoms with Crippen LogP contribution in [0, 0.1) is 13.8 Å². The van der Waals surface area contributed by atoms with Crippen LogP contribution in [0.4, 0.5) is 5.95 Å². The largest absolute Gasteiger partial charge is 0.350 e. The summed E-state index contributed by atoms with van der Waals surface area (Å²) in [6.07, 6.45) is 0. The van der Waals surface area contributed by atoms with E-state index in [-0.39, 0.29) is 6.04 Å². The van der Waals surface area contributed by atoms with Crippen molar-refractivity contribution in [1.82, 2.24) is 14.9 Å². The van der Waals surface area contributed by atoms with Crippen molar-refractivity contribution in [2.45, 2.75) is 19.9 Å². The van der Waals surface area contributed by atoms with Gasteiger partial charge in [0.15, 0.2) is 0 Å². The van der Waals surface area contributed by atoms with E-state index >= 15 is 0 Å². The predicted octanol–water partition coefficient (Wildman–Crippen LogP) is 2.94. The van der Waals surface area contributed by atoms with E-state index in [1.165, 1.54) is 11.1 Å². The van der Waals surface area contributed by atoms with Crippen LogP contribution in [0.1, 0.15) is 28.6 Å². The number of anilines is 1. The molecule has 2 heterocycles. The number of aromatic nitrogens is 2. The van der Waals surface area contributed by atoms with Crippen molar-refractivity contribution in [1.29, 1.82) is 0 Å². The van der Waals surface area contributed by atoms with Crippen LogP contribution in [0.15, 0.2) is 66.7 Å². The Balaban J connectivity index is 1.51. The number of benzene rings is 2. The van der Waals surface area contributed by atoms with E-state index in [4.69, 9.17) is 5.73 Å². The quantitative estimate of drug-likeness (QED) is 0.520. The number of hydrogen-bond donors (Lipinski definition) is 2. The summed E-state index contributed by atoms with van der Waals surface area (Å²) in [5.41, 5.74) is 10.8. The molecule has 3 N–H and O–H groups in total. The molecule has 1 saturated heterocycles. The van der Waals surface area contributed by atoms with Crippen LogP contribution >= 0.6 is 0 Å². The first-order valence-corrected chi connectivity index (χ1v) is 10.4. The highest BCUT2D eigenvalue weighted by molar-refractivity contribution is 5.86. The first-order chi connectivity index (χ1) is 14.6. The Hall–Kier alpha value is -3.25. The molecular weight excluding hydrogens is 372 g/mol. The number of aryl methyl sites for hydroxylation is 2. The second kappa shape index (κ2) is 9.05. The van der Waals surface area contributed by atoms with Crippen molar-refractivity contribution in [2.75, 3.05) is 31.5 Å². The van der Waals surface area contributed by atoms with E-state index in [2.05, 4.69) is 85.4 Å². The number of nitrogens with zero attached hydrogens (tertiary/aromatic N) is 4. The molecule has 0 bridgehead atoms. The van der Waals surface area contributed by atoms with E-state index < -0.39 is 0 Å². The van der Waals surface area contributed by atoms with Crippen LogP contribution in [0.25, 0.3) is 0 Å². The van der Waals surface area contributed by atoms with Crippen molar-refractivity contribution >= 4 is 11.9 Å². The van der Waals surface area contributed by atoms with Gasteiger partial charge < -0.3 is 0 Å². The number of rotatable bonds is 4. The molecule has 3 aromatic rings. The Kier molecular flexibility index (Phi) is 6.05. The molecule has 2 aromatic carbocycles. The average Bonchev–Trinajstić information content (AvgIpc) is 2.75. The van der Waals surface area contributed by atoms with E-state index in [1.807, 2.05) is 19.9 Å². The molecule has 1 aliphatic heterocycles. The molecule has 0 aliphatic carbocycles. The molecule has 1 aliphatic rings. The molecule has 0 saturated carbocycles. The maximum Gasteiger partial charge on any atom is 0.350 e. The molecule has 1 fully saturated rings. The summed E-state index contributed by atoms with van der Waals surface area (Å²) >= 11 is 0. The van der Waals surface area contributed by atoms with Crippen LogP contribution in [0.5, 0.6) is 0 Å². The van der Waals surface area contributed by atoms with Crippen molar-refractivity contribution in [3.05, 3.63) is 89.2 Å². The van der Waals surface area contributed by atoms with Gasteiger partial charge in [-0.2, -0.15) is 0 Å². The lowest BCUT2D eigenvalue weighted by atomic mass is 9.96. The molecule has 6 heteroatoms. The summed E-state index contributed by atoms with van der Waals surface area (Å²) in [5, 5.41) is 3.18. The lowest BCUT2D eigenvalue weighted by molar-refractivity contribution is -0.541. The van der Waals surface area contributed by atoms with Gasteiger partial charge >= 0.3 is 5.96 Å². The Morgan fingerprint density at radius 3 is 1.90 bits per heavy atom. The summed E-state index contributed by atoms with van der Waals surface area (Å²) < 4.78 is 2.17. The van der Waals surface area contributed by atoms with Crippen LogP contribution in [-0.2, 0) is 0 Å². The second-order valence-electron chi connectivity index (χ2n) is 7.73. The fourth-order valence-electron chi connectivity index (χ4n) is 4.08. The monoisotopic (exact) mass is 401 g/mol. The molecule has 0 amide bonds. The molecule has 1 aromatic heterocycles. The molecule has 0 spiro atoms. The summed E-state index contributed by atoms with van der Waals surface area (Å²) in [6, 6.07) is 23.6. The fraction of sp³-hybridized carbons (Fsp3) is 0.292. The first kappa shape index (κ1) is 20.0. The van der Waals surface area contributed by atoms with Crippen LogP contribution < -0.4 is 11.1 Å². The topological polar surface area (TPSA) is 70.1 Å². The first-order valence-electron chi connectivity index (χ1n) is 10.4. The molecule has 4 rings (SSSR count). The van der Waals surface area contributed by atoms with Gasteiger partial charge in [0, 0.05) is 24.5 Å². The van der Waals surface area contributed by atoms with Gasteiger partial charge in [0.2, 0.25) is 0 Å². The number of hydrogen-bond acceptors (Lipinski definition) is 3. The van der Waals surface area contributed by atoms with Gasteiger partial charge in [-0.05, 0) is 31.0 Å². The normalized spacial score (nSPS) is 14.7. The number of guanidine groups is 1. The SMILES string of the molecule is Cc1cc(C)nc(NC(N)=[N+]2CCN(C(c3ccccc3)c3ccccc3)CC2)n1. The fourth-order valence-corrected chi connectivity index (χ4v) is 4.08. The summed E-state index contributed by atoms with van der Waals surface area (Å²) in [5.74, 6) is 1.16. The van der Waals surface area contributed by atoms with E-state index in [0.717, 1.165) is 37.6 Å². The Morgan fingerprint density at radius 2 is 1.40 bits per heavy atom. The van der Waals surface area contributed by atoms with E-state index in [9.17, 15) is 0 Å². The highest BCUT2D eigenvalue weighted by Crippen LogP contribution is 2.29. The highest BCUT2D eigenvalue weighted by atomic mass is 15.3. The molecule has 0 radical (unpaired) electrons. The maximum atomic E-state index is 6.36. The zero-order valence-corrected chi connectivity index (χ0v) is 17.6. The van der Waals surface area contributed by atoms with Gasteiger partial charge in [0.1, 0.15) is 0 Å². The van der Waals surface area contributed by atoms with Gasteiger partial charge in [-0.15, -0.1) is 0 Å². The van der Waals surface area contributed by atoms with Gasteiger partial charge in [0.25, 0.3) is 5.95 Å². The Morgan fingerprint density at radius 1 is 0.900 bits per heavy atom. The Bertz CT molecular complexity index is 947. The summed E-state index contributed by atoms with van der Waals surface area (Å²) in [7, 11) is 0. The third kappa shape index (κ3) is 4.66. The molecule has 6 nitrogen and oxygen atoms in total. The lowest BCUT2D eigenvalue weighted by Crippen LogP contribution is -2.48. The van der Waals surface area contributed by atoms with E-state index in [0.29, 0.717) is 11.9 Å². The van der Waals surface area contributed by atoms with E-state index in [1.54, 1.807) is 0 Å². The third-order valence-electron chi connectivity index (χ3n) is 5.47. The van der Waals surface area contributed by atoms with Gasteiger partial charge in [0.05, 0.1) is 19.1 Å². The van der Waals surface area contributed by atoms with Crippen molar-refractivity contribution in [3.8, 4) is 0 Å². The molecule has 154 valence electrons. The zero-order valence-electron chi connectivity index (χ0n) is 17.6. The molecule has 0 atom stereocenters. The molecule has 30 heavy (non-hydrogen) atoms. The van der Waals surface area contributed by atoms with Crippen LogP contribution in [0.2, 0.25) is 0 Å². The minimum absolute atomic E-state index is 0.242. The summed E-state index contributed by atoms with van der Waals surface area (Å²) in [6.45, 7) is 7.46. The number of nitrogens with one attached hydrogen (secondary N) is 1. The van der Waals surface area contributed by atoms with Gasteiger partial charge in [-0.3, -0.25) is 15.2 Å². The minimum atomic E-state index is 0.242. The molecular formula is C24H29N6+. The van der Waals surface area contributed by atoms with Gasteiger partial charge in [-0.25, -0.2) is 15.3 Å². The van der Waals surface area contributed by atoms with Crippen molar-refractivity contribution in [2.24, 2.45) is 5.73 Å². The minimum Gasteiger partial charge on any atom is -0.290 e. The third-order valence-corrected chi connectivity index (χ3v) is 5.47. The maximum absolute atomic E-state index is 6.36. The number of nitrogens with two attached hydrogens (primary N) is 1. The summed E-state index contributed by atoms with van der Waals surface area (Å²) in [4.78, 5) is 11.4. The Labute approximate surface area is 178 Å². The van der Waals surface area contributed by atoms with Crippen molar-refractivity contribution < 1.29 is 4.58 Å². The smallest absolute Gasteiger partial charge is 0.290 e. The standard InChI is InChI=1S/C24H28N6/c1-18-17-19(2)27-24(26-18)28-23(25)30-15-13-29(14-16-30)22(20-9-5-3-6-10-20)21-11-7-4-8-12-21/h3-12,17,22H,13-16H2,1-2H3,(H2,25,26,27,28)/p+1. The van der Waals surface area contributed by atoms with Crippen molar-refractivity contribution in [3.63, 3.8) is 0 Å². The second-order valence-corrected chi connectivity index (χ2v) is 7.73. The molecule has 0 unspecified atom stereocenters. The highest BCUT2D eigenvalue weighted by Gasteiger charge is 2.27. The zero-order chi connectivity index (χ0) is 20.9. The van der Waals surface area contributed by atoms with Crippen LogP contribution in [-0.4, -0.2) is 51.6 Å². The van der Waals surface area contributed by atoms with Crippen LogP contribution in [0.3, 0.4) is 0 Å². The number of piperazine rings is 1. The van der Waals surface area contributed by atoms with Gasteiger partial charge in [-0.1, -0.05) is 60.7 Å². The average molecular weight is 402 g/mol. The lowest BCUT2D eigenvalue weighted by Gasteiger charge is -2.35.